The molecule has 14 heteroatoms. The van der Waals surface area contributed by atoms with Crippen molar-refractivity contribution in [3.8, 4) is 11.1 Å². The lowest BCUT2D eigenvalue weighted by atomic mass is 9.84. The van der Waals surface area contributed by atoms with Gasteiger partial charge in [0.25, 0.3) is 0 Å². The van der Waals surface area contributed by atoms with Crippen molar-refractivity contribution in [3.63, 3.8) is 0 Å². The van der Waals surface area contributed by atoms with Crippen LogP contribution >= 0.6 is 0 Å². The average Bonchev–Trinajstić information content (AvgIpc) is 4.11. The molecular weight excluding hydrogens is 845 g/mol. The number of imidazole rings is 2. The molecule has 6 atom stereocenters. The second-order valence-corrected chi connectivity index (χ2v) is 19.6. The molecule has 14 nitrogen and oxygen atoms in total. The maximum Gasteiger partial charge on any atom is 0.250 e. The molecule has 1 saturated carbocycles. The fraction of sp³-hybridized carbons (Fsp3) is 0.415. The average molecular weight is 903 g/mol. The van der Waals surface area contributed by atoms with E-state index in [4.69, 9.17) is 24.2 Å². The van der Waals surface area contributed by atoms with E-state index in [0.29, 0.717) is 32.0 Å². The Bertz CT molecular complexity index is 3000. The van der Waals surface area contributed by atoms with E-state index in [1.807, 2.05) is 60.0 Å². The Hall–Kier alpha value is -6.19. The third-order valence-electron chi connectivity index (χ3n) is 14.6. The lowest BCUT2D eigenvalue weighted by Crippen LogP contribution is -2.56. The number of aromatic amines is 2. The zero-order chi connectivity index (χ0) is 45.9. The van der Waals surface area contributed by atoms with Crippen molar-refractivity contribution in [2.45, 2.75) is 83.5 Å². The topological polar surface area (TPSA) is 167 Å². The molecule has 4 N–H and O–H groups in total. The van der Waals surface area contributed by atoms with Gasteiger partial charge >= 0.3 is 0 Å². The number of hydrogen-bond acceptors (Lipinski definition) is 9. The maximum absolute atomic E-state index is 14.7. The molecule has 346 valence electrons. The quantitative estimate of drug-likeness (QED) is 0.0889. The lowest BCUT2D eigenvalue weighted by molar-refractivity contribution is -0.335. The molecule has 11 rings (SSSR count). The van der Waals surface area contributed by atoms with Gasteiger partial charge in [-0.05, 0) is 89.2 Å². The number of fused-ring (bicyclic) bond motifs is 6. The zero-order valence-electron chi connectivity index (χ0n) is 38.5. The van der Waals surface area contributed by atoms with E-state index in [1.165, 1.54) is 0 Å². The summed E-state index contributed by atoms with van der Waals surface area (Å²) < 4.78 is 16.5. The van der Waals surface area contributed by atoms with Crippen LogP contribution in [0.2, 0.25) is 0 Å². The van der Waals surface area contributed by atoms with Crippen molar-refractivity contribution in [1.82, 2.24) is 40.4 Å². The molecule has 3 aliphatic heterocycles. The lowest BCUT2D eigenvalue weighted by Gasteiger charge is -2.35. The van der Waals surface area contributed by atoms with E-state index < -0.39 is 18.5 Å². The van der Waals surface area contributed by atoms with Gasteiger partial charge in [-0.1, -0.05) is 93.9 Å². The van der Waals surface area contributed by atoms with Crippen molar-refractivity contribution < 1.29 is 28.6 Å². The number of H-pyrrole nitrogens is 2. The van der Waals surface area contributed by atoms with Gasteiger partial charge in [0.1, 0.15) is 17.7 Å². The van der Waals surface area contributed by atoms with E-state index in [0.717, 1.165) is 97.6 Å². The molecule has 0 bridgehead atoms. The van der Waals surface area contributed by atoms with Gasteiger partial charge in [-0.15, -0.1) is 0 Å². The van der Waals surface area contributed by atoms with Gasteiger partial charge in [0.15, 0.2) is 6.79 Å². The van der Waals surface area contributed by atoms with Crippen LogP contribution in [0.25, 0.3) is 54.7 Å². The Morgan fingerprint density at radius 2 is 1.39 bits per heavy atom. The highest BCUT2D eigenvalue weighted by Gasteiger charge is 2.43. The van der Waals surface area contributed by atoms with Crippen LogP contribution in [0, 0.1) is 23.7 Å². The number of nitrogens with one attached hydrogen (secondary N) is 4. The summed E-state index contributed by atoms with van der Waals surface area (Å²) in [4.78, 5) is 63.4. The van der Waals surface area contributed by atoms with Crippen LogP contribution < -0.4 is 10.6 Å². The fourth-order valence-corrected chi connectivity index (χ4v) is 10.8. The van der Waals surface area contributed by atoms with Gasteiger partial charge < -0.3 is 39.3 Å². The van der Waals surface area contributed by atoms with Crippen LogP contribution in [0.15, 0.2) is 91.0 Å². The van der Waals surface area contributed by atoms with Gasteiger partial charge in [0.2, 0.25) is 24.1 Å². The molecule has 5 aromatic carbocycles. The van der Waals surface area contributed by atoms with E-state index in [2.05, 4.69) is 82.1 Å². The van der Waals surface area contributed by atoms with Crippen molar-refractivity contribution in [1.29, 1.82) is 0 Å². The second kappa shape index (κ2) is 17.8. The normalized spacial score (nSPS) is 22.2. The predicted octanol–water partition coefficient (Wildman–Crippen LogP) is 8.42. The Morgan fingerprint density at radius 1 is 0.776 bits per heavy atom. The van der Waals surface area contributed by atoms with Crippen molar-refractivity contribution in [2.75, 3.05) is 33.6 Å². The molecule has 0 radical (unpaired) electrons. The summed E-state index contributed by atoms with van der Waals surface area (Å²) in [6.07, 6.45) is 3.70. The van der Waals surface area contributed by atoms with Crippen molar-refractivity contribution in [2.24, 2.45) is 23.7 Å². The summed E-state index contributed by atoms with van der Waals surface area (Å²) in [7, 11) is 1.69. The second-order valence-electron chi connectivity index (χ2n) is 19.6. The number of nitrogens with zero attached hydrogens (tertiary/aromatic N) is 4. The number of carbonyl (C=O) groups is 3. The first kappa shape index (κ1) is 43.4. The molecule has 4 fully saturated rings. The summed E-state index contributed by atoms with van der Waals surface area (Å²) in [5.74, 6) is 1.82. The highest BCUT2D eigenvalue weighted by Crippen LogP contribution is 2.41. The zero-order valence-corrected chi connectivity index (χ0v) is 38.5. The number of hydrogen-bond donors (Lipinski definition) is 4. The predicted molar refractivity (Wildman–Crippen MR) is 256 cm³/mol. The Balaban J connectivity index is 0.862. The number of likely N-dealkylation sites (tertiary alicyclic amines) is 2. The number of rotatable bonds is 13. The molecule has 5 heterocycles. The van der Waals surface area contributed by atoms with Gasteiger partial charge in [0, 0.05) is 42.8 Å². The molecule has 0 unspecified atom stereocenters. The van der Waals surface area contributed by atoms with Crippen LogP contribution in [0.1, 0.15) is 88.2 Å². The molecule has 67 heavy (non-hydrogen) atoms. The van der Waals surface area contributed by atoms with E-state index in [9.17, 15) is 14.4 Å². The van der Waals surface area contributed by atoms with E-state index >= 15 is 0 Å². The van der Waals surface area contributed by atoms with Gasteiger partial charge in [0.05, 0.1) is 46.8 Å². The van der Waals surface area contributed by atoms with E-state index in [-0.39, 0.29) is 54.4 Å². The summed E-state index contributed by atoms with van der Waals surface area (Å²) >= 11 is 0. The van der Waals surface area contributed by atoms with Crippen LogP contribution in [0.3, 0.4) is 0 Å². The first-order chi connectivity index (χ1) is 32.6. The Morgan fingerprint density at radius 3 is 1.94 bits per heavy atom. The largest absolute Gasteiger partial charge is 0.384 e. The van der Waals surface area contributed by atoms with Crippen LogP contribution in [-0.2, 0) is 28.6 Å². The maximum atomic E-state index is 14.7. The number of aromatic nitrogens is 4. The molecule has 7 aromatic rings. The first-order valence-corrected chi connectivity index (χ1v) is 23.9. The molecule has 2 aromatic heterocycles. The molecule has 4 aliphatic rings. The fourth-order valence-electron chi connectivity index (χ4n) is 10.8. The number of amides is 3. The first-order valence-electron chi connectivity index (χ1n) is 23.9. The third-order valence-corrected chi connectivity index (χ3v) is 14.6. The highest BCUT2D eigenvalue weighted by atomic mass is 16.9. The molecule has 3 amide bonds. The standard InChI is InChI=1S/C53H58N8O6/c1-29(2)44(59-53-66-28-67-53)51(63)60-25-30(3)21-42(60)48-54-40-19-15-36-23-34(13-17-38(36)46(40)56-48)35-14-18-39-37(24-35)16-20-41-47(39)57-49(55-41)43-22-31(27-65-4)26-61(43)52(64)45(32-9-6-5-7-10-32)58-50(62)33-11-8-12-33/h5-7,9-10,13-20,23-24,29-31,33,42-45,53,59H,8,11-12,21-22,25-28H2,1-4H3,(H,54,56)(H,55,57)(H,58,62)/t30-,31-,42-,43-,44-,45+/m0/s1. The number of carbonyl (C=O) groups excluding carboxylic acids is 3. The number of benzene rings is 5. The van der Waals surface area contributed by atoms with Gasteiger partial charge in [-0.2, -0.15) is 0 Å². The summed E-state index contributed by atoms with van der Waals surface area (Å²) in [6.45, 7) is 8.17. The van der Waals surface area contributed by atoms with Crippen molar-refractivity contribution in [3.05, 3.63) is 108 Å². The summed E-state index contributed by atoms with van der Waals surface area (Å²) in [5, 5.41) is 10.6. The highest BCUT2D eigenvalue weighted by molar-refractivity contribution is 6.07. The van der Waals surface area contributed by atoms with Gasteiger partial charge in [-0.3, -0.25) is 19.7 Å². The molecule has 3 saturated heterocycles. The summed E-state index contributed by atoms with van der Waals surface area (Å²) in [6, 6.07) is 29.3. The molecular formula is C53H58N8O6. The van der Waals surface area contributed by atoms with Crippen LogP contribution in [-0.4, -0.2) is 93.5 Å². The van der Waals surface area contributed by atoms with E-state index in [1.54, 1.807) is 7.11 Å². The number of ether oxygens (including phenoxy) is 3. The van der Waals surface area contributed by atoms with Gasteiger partial charge in [-0.25, -0.2) is 9.97 Å². The minimum absolute atomic E-state index is 0.0325. The minimum atomic E-state index is -0.793. The smallest absolute Gasteiger partial charge is 0.250 e. The molecule has 1 aliphatic carbocycles. The Labute approximate surface area is 389 Å². The SMILES string of the molecule is COC[C@H]1C[C@@H](c2nc3ccc4cc(-c5ccc6c(ccc7nc([C@@H]8C[C@H](C)CN8C(=O)[C@@H](NC8OCO8)C(C)C)[nH]c76)c5)ccc4c3[nH]2)N(C(=O)[C@H](NC(=O)C2CCC2)c2ccccc2)C1. The van der Waals surface area contributed by atoms with Crippen LogP contribution in [0.4, 0.5) is 0 Å². The molecule has 0 spiro atoms. The number of methoxy groups -OCH3 is 1. The third kappa shape index (κ3) is 8.13. The monoisotopic (exact) mass is 902 g/mol. The summed E-state index contributed by atoms with van der Waals surface area (Å²) in [5.41, 5.74) is 6.53. The van der Waals surface area contributed by atoms with Crippen molar-refractivity contribution >= 4 is 61.3 Å². The van der Waals surface area contributed by atoms with Crippen LogP contribution in [0.5, 0.6) is 0 Å². The minimum Gasteiger partial charge on any atom is -0.384 e. The Kier molecular flexibility index (Phi) is 11.5.